The Morgan fingerprint density at radius 1 is 0.816 bits per heavy atom. The minimum absolute atomic E-state index is 0.0682. The molecule has 3 aromatic carbocycles. The zero-order valence-electron chi connectivity index (χ0n) is 27.2. The normalized spacial score (nSPS) is 13.8. The Kier molecular flexibility index (Phi) is 14.3. The molecule has 1 heterocycles. The van der Waals surface area contributed by atoms with Crippen LogP contribution in [-0.2, 0) is 19.8 Å². The maximum Gasteiger partial charge on any atom is 0.160 e. The average molecular weight is 718 g/mol. The predicted octanol–water partition coefficient (Wildman–Crippen LogP) is 4.54. The molecule has 0 fully saturated rings. The van der Waals surface area contributed by atoms with E-state index in [1.165, 1.54) is 0 Å². The number of aromatic nitrogens is 1. The van der Waals surface area contributed by atoms with Crippen molar-refractivity contribution in [1.82, 2.24) is 10.3 Å². The van der Waals surface area contributed by atoms with Crippen LogP contribution in [0.4, 0.5) is 0 Å². The topological polar surface area (TPSA) is 174 Å². The molecule has 0 unspecified atom stereocenters. The second-order valence-electron chi connectivity index (χ2n) is 11.5. The fourth-order valence-corrected chi connectivity index (χ4v) is 5.46. The standard InChI is InChI=1S/C36H42Cl2N2O9/c1-3-11-47-31-8-7-23(14-28(31)42)26-6-4-5-24(21(26)2)20-49-33-15-32(48-19-22-9-10-40-34(38)12-22)25(13-27(33)37)16-39-17-29(43)35(45)36(46)30(44)18-41/h4-10,12-15,29-30,35-36,39,41-46H,3,11,16-20H2,1-2H3/t29-,30+,35+,36+/m0/s1. The Bertz CT molecular complexity index is 1680. The van der Waals surface area contributed by atoms with E-state index in [2.05, 4.69) is 10.3 Å². The third-order valence-corrected chi connectivity index (χ3v) is 8.36. The molecule has 0 aliphatic heterocycles. The van der Waals surface area contributed by atoms with Gasteiger partial charge in [-0.1, -0.05) is 54.4 Å². The van der Waals surface area contributed by atoms with Crippen molar-refractivity contribution < 1.29 is 44.8 Å². The van der Waals surface area contributed by atoms with Gasteiger partial charge in [-0.05, 0) is 71.5 Å². The van der Waals surface area contributed by atoms with Gasteiger partial charge in [0.2, 0.25) is 0 Å². The van der Waals surface area contributed by atoms with Gasteiger partial charge < -0.3 is 50.2 Å². The van der Waals surface area contributed by atoms with Crippen LogP contribution in [-0.4, -0.2) is 79.8 Å². The minimum atomic E-state index is -1.74. The number of rotatable bonds is 18. The Morgan fingerprint density at radius 2 is 1.57 bits per heavy atom. The van der Waals surface area contributed by atoms with Crippen LogP contribution in [0.1, 0.15) is 35.6 Å². The number of nitrogens with zero attached hydrogens (tertiary/aromatic N) is 1. The quantitative estimate of drug-likeness (QED) is 0.0721. The van der Waals surface area contributed by atoms with Crippen LogP contribution in [0.3, 0.4) is 0 Å². The van der Waals surface area contributed by atoms with Crippen molar-refractivity contribution in [1.29, 1.82) is 0 Å². The average Bonchev–Trinajstić information content (AvgIpc) is 3.09. The number of pyridine rings is 1. The van der Waals surface area contributed by atoms with Crippen LogP contribution < -0.4 is 19.5 Å². The third-order valence-electron chi connectivity index (χ3n) is 7.86. The number of aliphatic hydroxyl groups is 5. The first-order valence-corrected chi connectivity index (χ1v) is 16.5. The van der Waals surface area contributed by atoms with Crippen LogP contribution in [0.15, 0.2) is 66.9 Å². The van der Waals surface area contributed by atoms with Crippen molar-refractivity contribution in [2.75, 3.05) is 19.8 Å². The number of aromatic hydroxyl groups is 1. The molecule has 0 aliphatic carbocycles. The van der Waals surface area contributed by atoms with Gasteiger partial charge in [0.25, 0.3) is 0 Å². The molecule has 13 heteroatoms. The maximum absolute atomic E-state index is 10.5. The second-order valence-corrected chi connectivity index (χ2v) is 12.3. The Hall–Kier alpha value is -3.65. The zero-order chi connectivity index (χ0) is 35.5. The van der Waals surface area contributed by atoms with Gasteiger partial charge in [0, 0.05) is 30.9 Å². The molecule has 7 N–H and O–H groups in total. The van der Waals surface area contributed by atoms with Crippen molar-refractivity contribution in [3.05, 3.63) is 99.3 Å². The van der Waals surface area contributed by atoms with E-state index in [-0.39, 0.29) is 32.1 Å². The summed E-state index contributed by atoms with van der Waals surface area (Å²) in [6, 6.07) is 18.0. The number of hydrogen-bond acceptors (Lipinski definition) is 11. The first-order chi connectivity index (χ1) is 23.5. The smallest absolute Gasteiger partial charge is 0.160 e. The van der Waals surface area contributed by atoms with Crippen LogP contribution in [0.2, 0.25) is 10.2 Å². The highest BCUT2D eigenvalue weighted by Gasteiger charge is 2.29. The van der Waals surface area contributed by atoms with E-state index >= 15 is 0 Å². The van der Waals surface area contributed by atoms with E-state index < -0.39 is 31.0 Å². The summed E-state index contributed by atoms with van der Waals surface area (Å²) in [5.74, 6) is 1.30. The molecule has 0 amide bonds. The van der Waals surface area contributed by atoms with Crippen molar-refractivity contribution in [3.8, 4) is 34.1 Å². The lowest BCUT2D eigenvalue weighted by Crippen LogP contribution is -2.48. The molecular formula is C36H42Cl2N2O9. The molecule has 0 spiro atoms. The van der Waals surface area contributed by atoms with Gasteiger partial charge >= 0.3 is 0 Å². The summed E-state index contributed by atoms with van der Waals surface area (Å²) in [7, 11) is 0. The molecule has 0 saturated heterocycles. The molecule has 1 aromatic heterocycles. The highest BCUT2D eigenvalue weighted by atomic mass is 35.5. The highest BCUT2D eigenvalue weighted by molar-refractivity contribution is 6.32. The molecule has 0 bridgehead atoms. The molecular weight excluding hydrogens is 675 g/mol. The van der Waals surface area contributed by atoms with Gasteiger partial charge in [0.1, 0.15) is 48.2 Å². The van der Waals surface area contributed by atoms with Gasteiger partial charge in [-0.3, -0.25) is 0 Å². The van der Waals surface area contributed by atoms with E-state index in [0.29, 0.717) is 39.6 Å². The SMILES string of the molecule is CCCOc1ccc(-c2cccc(COc3cc(OCc4ccnc(Cl)c4)c(CNC[C@H](O)[C@@H](O)[C@H](O)[C@H](O)CO)cc3Cl)c2C)cc1O. The number of benzene rings is 3. The van der Waals surface area contributed by atoms with Crippen molar-refractivity contribution in [2.24, 2.45) is 0 Å². The summed E-state index contributed by atoms with van der Waals surface area (Å²) in [6.45, 7) is 4.04. The van der Waals surface area contributed by atoms with Gasteiger partial charge in [-0.15, -0.1) is 0 Å². The number of halogens is 2. The first kappa shape index (κ1) is 38.2. The molecule has 49 heavy (non-hydrogen) atoms. The predicted molar refractivity (Wildman–Crippen MR) is 186 cm³/mol. The van der Waals surface area contributed by atoms with E-state index in [4.69, 9.17) is 42.5 Å². The Morgan fingerprint density at radius 3 is 2.29 bits per heavy atom. The lowest BCUT2D eigenvalue weighted by Gasteiger charge is -2.26. The maximum atomic E-state index is 10.5. The molecule has 0 aliphatic rings. The number of phenolic OH excluding ortho intramolecular Hbond substituents is 1. The van der Waals surface area contributed by atoms with Crippen LogP contribution in [0, 0.1) is 6.92 Å². The van der Waals surface area contributed by atoms with Crippen molar-refractivity contribution in [3.63, 3.8) is 0 Å². The molecule has 0 saturated carbocycles. The molecule has 264 valence electrons. The van der Waals surface area contributed by atoms with Crippen molar-refractivity contribution in [2.45, 2.75) is 64.4 Å². The molecule has 0 radical (unpaired) electrons. The number of aliphatic hydroxyl groups excluding tert-OH is 5. The van der Waals surface area contributed by atoms with Gasteiger partial charge in [0.05, 0.1) is 24.3 Å². The first-order valence-electron chi connectivity index (χ1n) is 15.8. The molecule has 11 nitrogen and oxygen atoms in total. The van der Waals surface area contributed by atoms with E-state index in [1.807, 2.05) is 38.1 Å². The number of phenols is 1. The molecule has 4 atom stereocenters. The van der Waals surface area contributed by atoms with Gasteiger partial charge in [-0.2, -0.15) is 0 Å². The Balaban J connectivity index is 1.51. The largest absolute Gasteiger partial charge is 0.504 e. The van der Waals surface area contributed by atoms with Gasteiger partial charge in [-0.25, -0.2) is 4.98 Å². The fraction of sp³-hybridized carbons (Fsp3) is 0.361. The summed E-state index contributed by atoms with van der Waals surface area (Å²) in [5.41, 5.74) is 5.01. The highest BCUT2D eigenvalue weighted by Crippen LogP contribution is 2.36. The van der Waals surface area contributed by atoms with E-state index in [1.54, 1.807) is 42.6 Å². The lowest BCUT2D eigenvalue weighted by atomic mass is 9.96. The van der Waals surface area contributed by atoms with Crippen LogP contribution in [0.5, 0.6) is 23.0 Å². The van der Waals surface area contributed by atoms with E-state index in [0.717, 1.165) is 34.2 Å². The number of hydrogen-bond donors (Lipinski definition) is 7. The van der Waals surface area contributed by atoms with Crippen molar-refractivity contribution >= 4 is 23.2 Å². The van der Waals surface area contributed by atoms with Gasteiger partial charge in [0.15, 0.2) is 11.5 Å². The molecule has 4 aromatic rings. The second kappa shape index (κ2) is 18.4. The molecule has 4 rings (SSSR count). The summed E-state index contributed by atoms with van der Waals surface area (Å²) in [6.07, 6.45) is -4.09. The monoisotopic (exact) mass is 716 g/mol. The minimum Gasteiger partial charge on any atom is -0.504 e. The third kappa shape index (κ3) is 10.4. The number of ether oxygens (including phenoxy) is 3. The van der Waals surface area contributed by atoms with Crippen LogP contribution >= 0.6 is 23.2 Å². The summed E-state index contributed by atoms with van der Waals surface area (Å²) >= 11 is 12.7. The lowest BCUT2D eigenvalue weighted by molar-refractivity contribution is -0.114. The zero-order valence-corrected chi connectivity index (χ0v) is 28.7. The summed E-state index contributed by atoms with van der Waals surface area (Å²) < 4.78 is 18.0. The summed E-state index contributed by atoms with van der Waals surface area (Å²) in [4.78, 5) is 4.00. The van der Waals surface area contributed by atoms with E-state index in [9.17, 15) is 25.5 Å². The summed E-state index contributed by atoms with van der Waals surface area (Å²) in [5, 5.41) is 63.2. The number of nitrogens with one attached hydrogen (secondary N) is 1. The van der Waals surface area contributed by atoms with Crippen LogP contribution in [0.25, 0.3) is 11.1 Å². The fourth-order valence-electron chi connectivity index (χ4n) is 5.02. The Labute approximate surface area is 295 Å².